The molecule has 0 radical (unpaired) electrons. The Kier molecular flexibility index (Phi) is 3.13. The van der Waals surface area contributed by atoms with Gasteiger partial charge in [0.2, 0.25) is 11.8 Å². The lowest BCUT2D eigenvalue weighted by Gasteiger charge is -2.42. The number of anilines is 2. The van der Waals surface area contributed by atoms with Gasteiger partial charge in [0.25, 0.3) is 5.91 Å². The first-order valence-corrected chi connectivity index (χ1v) is 6.04. The predicted octanol–water partition coefficient (Wildman–Crippen LogP) is -0.391. The number of nitrogens with two attached hydrogens (primary N) is 2. The molecule has 1 fully saturated rings. The van der Waals surface area contributed by atoms with Crippen molar-refractivity contribution in [2.75, 3.05) is 17.2 Å². The van der Waals surface area contributed by atoms with Crippen LogP contribution in [0.4, 0.5) is 11.4 Å². The average molecular weight is 276 g/mol. The molecular weight excluding hydrogens is 260 g/mol. The second-order valence-corrected chi connectivity index (χ2v) is 5.16. The molecule has 5 N–H and O–H groups in total. The predicted molar refractivity (Wildman–Crippen MR) is 73.9 cm³/mol. The summed E-state index contributed by atoms with van der Waals surface area (Å²) in [4.78, 5) is 36.3. The maximum atomic E-state index is 11.9. The molecule has 7 nitrogen and oxygen atoms in total. The number of rotatable bonds is 2. The number of carbonyl (C=O) groups excluding carboxylic acids is 3. The van der Waals surface area contributed by atoms with Crippen LogP contribution in [0.5, 0.6) is 0 Å². The molecular formula is C13H16N4O3. The highest BCUT2D eigenvalue weighted by Gasteiger charge is 2.41. The molecule has 0 unspecified atom stereocenters. The minimum absolute atomic E-state index is 0.0227. The van der Waals surface area contributed by atoms with Gasteiger partial charge in [-0.2, -0.15) is 0 Å². The molecule has 20 heavy (non-hydrogen) atoms. The summed E-state index contributed by atoms with van der Waals surface area (Å²) in [6.07, 6.45) is 0. The fourth-order valence-corrected chi connectivity index (χ4v) is 2.10. The summed E-state index contributed by atoms with van der Waals surface area (Å²) in [5, 5.41) is 2.27. The van der Waals surface area contributed by atoms with Gasteiger partial charge in [0, 0.05) is 5.56 Å². The highest BCUT2D eigenvalue weighted by atomic mass is 16.2. The summed E-state index contributed by atoms with van der Waals surface area (Å²) in [5.74, 6) is -1.44. The van der Waals surface area contributed by atoms with Crippen LogP contribution in [0.15, 0.2) is 18.2 Å². The minimum atomic E-state index is -0.960. The standard InChI is InChI=1S/C13H16N4O3/c1-13(2)12(20)16-10(18)6-17(13)9-5-7(11(15)19)3-4-8(9)14/h3-5H,6,14H2,1-2H3,(H2,15,19)(H,16,18,20). The third-order valence-electron chi connectivity index (χ3n) is 3.39. The molecule has 1 aromatic rings. The number of nitrogens with one attached hydrogen (secondary N) is 1. The Labute approximate surface area is 115 Å². The van der Waals surface area contributed by atoms with E-state index in [1.165, 1.54) is 18.2 Å². The van der Waals surface area contributed by atoms with E-state index in [1.54, 1.807) is 18.7 Å². The Morgan fingerprint density at radius 3 is 2.60 bits per heavy atom. The fourth-order valence-electron chi connectivity index (χ4n) is 2.10. The molecule has 0 saturated carbocycles. The van der Waals surface area contributed by atoms with Gasteiger partial charge in [-0.05, 0) is 32.0 Å². The van der Waals surface area contributed by atoms with Crippen LogP contribution < -0.4 is 21.7 Å². The van der Waals surface area contributed by atoms with E-state index in [0.717, 1.165) is 0 Å². The Hall–Kier alpha value is -2.57. The molecule has 1 aliphatic rings. The molecule has 0 aliphatic carbocycles. The van der Waals surface area contributed by atoms with Crippen LogP contribution in [-0.2, 0) is 9.59 Å². The van der Waals surface area contributed by atoms with E-state index in [4.69, 9.17) is 11.5 Å². The van der Waals surface area contributed by atoms with Gasteiger partial charge in [-0.15, -0.1) is 0 Å². The van der Waals surface area contributed by atoms with Crippen molar-refractivity contribution < 1.29 is 14.4 Å². The SMILES string of the molecule is CC1(C)C(=O)NC(=O)CN1c1cc(C(N)=O)ccc1N. The van der Waals surface area contributed by atoms with E-state index in [9.17, 15) is 14.4 Å². The second-order valence-electron chi connectivity index (χ2n) is 5.16. The van der Waals surface area contributed by atoms with Crippen LogP contribution in [-0.4, -0.2) is 29.8 Å². The zero-order chi connectivity index (χ0) is 15.1. The highest BCUT2D eigenvalue weighted by molar-refractivity contribution is 6.07. The maximum Gasteiger partial charge on any atom is 0.251 e. The van der Waals surface area contributed by atoms with Crippen molar-refractivity contribution >= 4 is 29.1 Å². The second kappa shape index (κ2) is 4.52. The number of hydrogen-bond donors (Lipinski definition) is 3. The lowest BCUT2D eigenvalue weighted by molar-refractivity contribution is -0.135. The number of nitrogens with zero attached hydrogens (tertiary/aromatic N) is 1. The summed E-state index contributed by atoms with van der Waals surface area (Å²) in [7, 11) is 0. The molecule has 1 saturated heterocycles. The molecule has 2 rings (SSSR count). The average Bonchev–Trinajstić information content (AvgIpc) is 2.35. The first-order valence-electron chi connectivity index (χ1n) is 6.04. The molecule has 1 aromatic carbocycles. The fraction of sp³-hybridized carbons (Fsp3) is 0.308. The summed E-state index contributed by atoms with van der Waals surface area (Å²) in [6, 6.07) is 4.52. The summed E-state index contributed by atoms with van der Waals surface area (Å²) >= 11 is 0. The zero-order valence-corrected chi connectivity index (χ0v) is 11.3. The van der Waals surface area contributed by atoms with Crippen molar-refractivity contribution in [3.05, 3.63) is 23.8 Å². The Bertz CT molecular complexity index is 610. The van der Waals surface area contributed by atoms with Crippen molar-refractivity contribution in [1.82, 2.24) is 5.32 Å². The lowest BCUT2D eigenvalue weighted by atomic mass is 9.96. The first kappa shape index (κ1) is 13.9. The number of piperazine rings is 1. The maximum absolute atomic E-state index is 11.9. The van der Waals surface area contributed by atoms with E-state index < -0.39 is 23.3 Å². The minimum Gasteiger partial charge on any atom is -0.397 e. The quantitative estimate of drug-likeness (QED) is 0.502. The van der Waals surface area contributed by atoms with Crippen LogP contribution in [0.2, 0.25) is 0 Å². The molecule has 0 aromatic heterocycles. The van der Waals surface area contributed by atoms with Gasteiger partial charge in [0.05, 0.1) is 17.9 Å². The van der Waals surface area contributed by atoms with Crippen molar-refractivity contribution in [2.24, 2.45) is 5.73 Å². The number of primary amides is 1. The normalized spacial score (nSPS) is 17.8. The molecule has 1 heterocycles. The molecule has 106 valence electrons. The molecule has 0 atom stereocenters. The molecule has 3 amide bonds. The van der Waals surface area contributed by atoms with E-state index in [1.807, 2.05) is 0 Å². The molecule has 0 spiro atoms. The Balaban J connectivity index is 2.53. The van der Waals surface area contributed by atoms with Crippen molar-refractivity contribution in [1.29, 1.82) is 0 Å². The Morgan fingerprint density at radius 1 is 1.35 bits per heavy atom. The van der Waals surface area contributed by atoms with Gasteiger partial charge in [-0.3, -0.25) is 19.7 Å². The summed E-state index contributed by atoms with van der Waals surface area (Å²) in [6.45, 7) is 3.32. The first-order chi connectivity index (χ1) is 9.23. The molecule has 0 bridgehead atoms. The third-order valence-corrected chi connectivity index (χ3v) is 3.39. The monoisotopic (exact) mass is 276 g/mol. The number of nitrogen functional groups attached to an aromatic ring is 1. The lowest BCUT2D eigenvalue weighted by Crippen LogP contribution is -2.64. The van der Waals surface area contributed by atoms with Gasteiger partial charge in [-0.25, -0.2) is 0 Å². The van der Waals surface area contributed by atoms with E-state index >= 15 is 0 Å². The van der Waals surface area contributed by atoms with E-state index in [-0.39, 0.29) is 12.1 Å². The topological polar surface area (TPSA) is 119 Å². The number of carbonyl (C=O) groups is 3. The highest BCUT2D eigenvalue weighted by Crippen LogP contribution is 2.32. The van der Waals surface area contributed by atoms with Crippen LogP contribution in [0.1, 0.15) is 24.2 Å². The van der Waals surface area contributed by atoms with Crippen molar-refractivity contribution in [3.63, 3.8) is 0 Å². The number of hydrogen-bond acceptors (Lipinski definition) is 5. The summed E-state index contributed by atoms with van der Waals surface area (Å²) in [5.41, 5.74) is 11.2. The number of imide groups is 1. The van der Waals surface area contributed by atoms with Crippen molar-refractivity contribution in [3.8, 4) is 0 Å². The van der Waals surface area contributed by atoms with E-state index in [0.29, 0.717) is 11.4 Å². The third kappa shape index (κ3) is 2.18. The van der Waals surface area contributed by atoms with Gasteiger partial charge in [0.15, 0.2) is 0 Å². The van der Waals surface area contributed by atoms with Gasteiger partial charge in [-0.1, -0.05) is 0 Å². The molecule has 7 heteroatoms. The number of benzene rings is 1. The zero-order valence-electron chi connectivity index (χ0n) is 11.3. The largest absolute Gasteiger partial charge is 0.397 e. The van der Waals surface area contributed by atoms with Gasteiger partial charge < -0.3 is 16.4 Å². The van der Waals surface area contributed by atoms with E-state index in [2.05, 4.69) is 5.32 Å². The number of amides is 3. The van der Waals surface area contributed by atoms with Crippen LogP contribution >= 0.6 is 0 Å². The smallest absolute Gasteiger partial charge is 0.251 e. The van der Waals surface area contributed by atoms with Crippen LogP contribution in [0, 0.1) is 0 Å². The van der Waals surface area contributed by atoms with Crippen LogP contribution in [0.25, 0.3) is 0 Å². The van der Waals surface area contributed by atoms with Gasteiger partial charge >= 0.3 is 0 Å². The van der Waals surface area contributed by atoms with Crippen LogP contribution in [0.3, 0.4) is 0 Å². The molecule has 1 aliphatic heterocycles. The van der Waals surface area contributed by atoms with Crippen molar-refractivity contribution in [2.45, 2.75) is 19.4 Å². The summed E-state index contributed by atoms with van der Waals surface area (Å²) < 4.78 is 0. The van der Waals surface area contributed by atoms with Gasteiger partial charge in [0.1, 0.15) is 5.54 Å². The Morgan fingerprint density at radius 2 is 2.00 bits per heavy atom.